The Bertz CT molecular complexity index is 861. The van der Waals surface area contributed by atoms with E-state index in [9.17, 15) is 24.5 Å². The van der Waals surface area contributed by atoms with Crippen LogP contribution in [-0.4, -0.2) is 76.1 Å². The number of rotatable bonds is 4. The van der Waals surface area contributed by atoms with E-state index in [0.29, 0.717) is 50.3 Å². The summed E-state index contributed by atoms with van der Waals surface area (Å²) >= 11 is 0. The summed E-state index contributed by atoms with van der Waals surface area (Å²) in [6, 6.07) is 3.76. The molecule has 0 aliphatic carbocycles. The number of carbonyl (C=O) groups excluding carboxylic acids is 3. The molecule has 0 radical (unpaired) electrons. The van der Waals surface area contributed by atoms with Crippen LogP contribution in [0.25, 0.3) is 0 Å². The molecule has 1 aromatic rings. The second-order valence-corrected chi connectivity index (χ2v) is 8.22. The van der Waals surface area contributed by atoms with Crippen molar-refractivity contribution in [2.24, 2.45) is 5.92 Å². The van der Waals surface area contributed by atoms with E-state index in [1.165, 1.54) is 18.2 Å². The van der Waals surface area contributed by atoms with Gasteiger partial charge in [0.25, 0.3) is 11.6 Å². The minimum atomic E-state index is -0.527. The van der Waals surface area contributed by atoms with Gasteiger partial charge in [-0.25, -0.2) is 0 Å². The maximum Gasteiger partial charge on any atom is 0.272 e. The van der Waals surface area contributed by atoms with Crippen molar-refractivity contribution in [3.05, 3.63) is 39.4 Å². The summed E-state index contributed by atoms with van der Waals surface area (Å²) in [5.74, 6) is -0.345. The molecule has 2 heterocycles. The third kappa shape index (κ3) is 4.29. The summed E-state index contributed by atoms with van der Waals surface area (Å²) in [5, 5.41) is 11.0. The molecule has 30 heavy (non-hydrogen) atoms. The van der Waals surface area contributed by atoms with Crippen LogP contribution < -0.4 is 0 Å². The number of piperazine rings is 1. The lowest BCUT2D eigenvalue weighted by atomic mass is 10.1. The van der Waals surface area contributed by atoms with Crippen molar-refractivity contribution in [3.63, 3.8) is 0 Å². The topological polar surface area (TPSA) is 104 Å². The van der Waals surface area contributed by atoms with Gasteiger partial charge in [0.15, 0.2) is 0 Å². The molecular weight excluding hydrogens is 388 g/mol. The lowest BCUT2D eigenvalue weighted by Crippen LogP contribution is -2.55. The number of nitro benzene ring substituents is 1. The molecule has 3 rings (SSSR count). The fourth-order valence-corrected chi connectivity index (χ4v) is 4.15. The first-order chi connectivity index (χ1) is 14.2. The zero-order valence-corrected chi connectivity index (χ0v) is 17.7. The highest BCUT2D eigenvalue weighted by atomic mass is 16.6. The van der Waals surface area contributed by atoms with E-state index < -0.39 is 11.0 Å². The molecule has 0 spiro atoms. The molecular formula is C21H28N4O5. The average Bonchev–Trinajstić information content (AvgIpc) is 3.21. The van der Waals surface area contributed by atoms with Crippen molar-refractivity contribution < 1.29 is 19.3 Å². The average molecular weight is 416 g/mol. The number of benzene rings is 1. The van der Waals surface area contributed by atoms with Gasteiger partial charge >= 0.3 is 0 Å². The van der Waals surface area contributed by atoms with Crippen molar-refractivity contribution >= 4 is 23.4 Å². The van der Waals surface area contributed by atoms with Gasteiger partial charge in [-0.15, -0.1) is 0 Å². The van der Waals surface area contributed by atoms with Crippen LogP contribution in [0.1, 0.15) is 42.6 Å². The molecule has 162 valence electrons. The molecule has 9 nitrogen and oxygen atoms in total. The number of nitrogens with zero attached hydrogens (tertiary/aromatic N) is 4. The van der Waals surface area contributed by atoms with Gasteiger partial charge in [0.05, 0.1) is 4.92 Å². The first-order valence-electron chi connectivity index (χ1n) is 10.3. The van der Waals surface area contributed by atoms with Gasteiger partial charge in [0, 0.05) is 55.8 Å². The molecule has 0 N–H and O–H groups in total. The molecule has 1 unspecified atom stereocenters. The highest BCUT2D eigenvalue weighted by Crippen LogP contribution is 2.25. The standard InChI is InChI=1S/C21H28N4O5/c1-14(2)19(26)22-9-11-23(12-10-22)21(28)18-5-4-8-24(18)20(27)16-6-7-17(25(29)30)15(3)13-16/h6-7,13-14,18H,4-5,8-12H2,1-3H3. The van der Waals surface area contributed by atoms with E-state index in [2.05, 4.69) is 0 Å². The number of aryl methyl sites for hydroxylation is 1. The molecule has 1 aromatic carbocycles. The number of amides is 3. The molecule has 0 bridgehead atoms. The van der Waals surface area contributed by atoms with Crippen LogP contribution in [0, 0.1) is 23.0 Å². The van der Waals surface area contributed by atoms with Gasteiger partial charge in [0.1, 0.15) is 6.04 Å². The van der Waals surface area contributed by atoms with Crippen molar-refractivity contribution in [1.82, 2.24) is 14.7 Å². The minimum absolute atomic E-state index is 0.0329. The summed E-state index contributed by atoms with van der Waals surface area (Å²) in [6.45, 7) is 7.75. The van der Waals surface area contributed by atoms with Crippen molar-refractivity contribution in [2.75, 3.05) is 32.7 Å². The lowest BCUT2D eigenvalue weighted by Gasteiger charge is -2.38. The van der Waals surface area contributed by atoms with Crippen LogP contribution in [0.5, 0.6) is 0 Å². The quantitative estimate of drug-likeness (QED) is 0.550. The second-order valence-electron chi connectivity index (χ2n) is 8.22. The molecule has 1 atom stereocenters. The van der Waals surface area contributed by atoms with Gasteiger partial charge < -0.3 is 14.7 Å². The highest BCUT2D eigenvalue weighted by molar-refractivity contribution is 5.98. The Labute approximate surface area is 175 Å². The Balaban J connectivity index is 1.68. The minimum Gasteiger partial charge on any atom is -0.339 e. The van der Waals surface area contributed by atoms with Crippen LogP contribution in [0.15, 0.2) is 18.2 Å². The van der Waals surface area contributed by atoms with Crippen LogP contribution in [0.3, 0.4) is 0 Å². The Morgan fingerprint density at radius 2 is 1.70 bits per heavy atom. The van der Waals surface area contributed by atoms with Crippen molar-refractivity contribution in [3.8, 4) is 0 Å². The van der Waals surface area contributed by atoms with Gasteiger partial charge in [0.2, 0.25) is 11.8 Å². The smallest absolute Gasteiger partial charge is 0.272 e. The van der Waals surface area contributed by atoms with E-state index in [4.69, 9.17) is 0 Å². The Morgan fingerprint density at radius 3 is 2.27 bits per heavy atom. The van der Waals surface area contributed by atoms with Gasteiger partial charge in [-0.05, 0) is 31.9 Å². The third-order valence-electron chi connectivity index (χ3n) is 5.84. The monoisotopic (exact) mass is 416 g/mol. The largest absolute Gasteiger partial charge is 0.339 e. The fraction of sp³-hybridized carbons (Fsp3) is 0.571. The maximum absolute atomic E-state index is 13.1. The Hall–Kier alpha value is -2.97. The molecule has 0 aromatic heterocycles. The predicted octanol–water partition coefficient (Wildman–Crippen LogP) is 1.83. The van der Waals surface area contributed by atoms with E-state index in [1.807, 2.05) is 13.8 Å². The molecule has 2 saturated heterocycles. The zero-order chi connectivity index (χ0) is 22.0. The summed E-state index contributed by atoms with van der Waals surface area (Å²) in [6.07, 6.45) is 1.33. The van der Waals surface area contributed by atoms with Crippen LogP contribution >= 0.6 is 0 Å². The molecule has 2 fully saturated rings. The van der Waals surface area contributed by atoms with E-state index in [-0.39, 0.29) is 29.3 Å². The van der Waals surface area contributed by atoms with Gasteiger partial charge in [-0.1, -0.05) is 13.8 Å². The van der Waals surface area contributed by atoms with Gasteiger partial charge in [-0.2, -0.15) is 0 Å². The first-order valence-corrected chi connectivity index (χ1v) is 10.3. The van der Waals surface area contributed by atoms with Crippen molar-refractivity contribution in [2.45, 2.75) is 39.7 Å². The van der Waals surface area contributed by atoms with E-state index in [0.717, 1.165) is 6.42 Å². The number of carbonyl (C=O) groups is 3. The molecule has 2 aliphatic heterocycles. The number of nitro groups is 1. The zero-order valence-electron chi connectivity index (χ0n) is 17.7. The fourth-order valence-electron chi connectivity index (χ4n) is 4.15. The summed E-state index contributed by atoms with van der Waals surface area (Å²) in [5.41, 5.74) is 0.735. The van der Waals surface area contributed by atoms with Crippen LogP contribution in [-0.2, 0) is 9.59 Å². The van der Waals surface area contributed by atoms with Crippen molar-refractivity contribution in [1.29, 1.82) is 0 Å². The number of likely N-dealkylation sites (tertiary alicyclic amines) is 1. The molecule has 0 saturated carbocycles. The highest BCUT2D eigenvalue weighted by Gasteiger charge is 2.38. The normalized spacial score (nSPS) is 19.3. The first kappa shape index (κ1) is 21.7. The third-order valence-corrected chi connectivity index (χ3v) is 5.84. The molecule has 9 heteroatoms. The number of hydrogen-bond donors (Lipinski definition) is 0. The van der Waals surface area contributed by atoms with E-state index >= 15 is 0 Å². The SMILES string of the molecule is Cc1cc(C(=O)N2CCCC2C(=O)N2CCN(C(=O)C(C)C)CC2)ccc1[N+](=O)[O-]. The molecule has 2 aliphatic rings. The summed E-state index contributed by atoms with van der Waals surface area (Å²) in [7, 11) is 0. The summed E-state index contributed by atoms with van der Waals surface area (Å²) < 4.78 is 0. The number of hydrogen-bond acceptors (Lipinski definition) is 5. The van der Waals surface area contributed by atoms with Crippen LogP contribution in [0.2, 0.25) is 0 Å². The van der Waals surface area contributed by atoms with Crippen LogP contribution in [0.4, 0.5) is 5.69 Å². The maximum atomic E-state index is 13.1. The Morgan fingerprint density at radius 1 is 1.07 bits per heavy atom. The van der Waals surface area contributed by atoms with E-state index in [1.54, 1.807) is 21.6 Å². The predicted molar refractivity (Wildman–Crippen MR) is 110 cm³/mol. The molecule has 3 amide bonds. The lowest BCUT2D eigenvalue weighted by molar-refractivity contribution is -0.385. The summed E-state index contributed by atoms with van der Waals surface area (Å²) in [4.78, 5) is 53.9. The second kappa shape index (κ2) is 8.81. The Kier molecular flexibility index (Phi) is 6.38. The van der Waals surface area contributed by atoms with Gasteiger partial charge in [-0.3, -0.25) is 24.5 Å².